The maximum absolute atomic E-state index is 12.6. The quantitative estimate of drug-likeness (QED) is 0.560. The van der Waals surface area contributed by atoms with E-state index >= 15 is 0 Å². The fourth-order valence-electron chi connectivity index (χ4n) is 3.06. The van der Waals surface area contributed by atoms with Crippen molar-refractivity contribution in [1.82, 2.24) is 14.5 Å². The van der Waals surface area contributed by atoms with Gasteiger partial charge in [-0.15, -0.1) is 0 Å². The number of benzene rings is 2. The molecule has 7 nitrogen and oxygen atoms in total. The highest BCUT2D eigenvalue weighted by molar-refractivity contribution is 6.09. The van der Waals surface area contributed by atoms with E-state index in [1.54, 1.807) is 18.6 Å². The van der Waals surface area contributed by atoms with Crippen LogP contribution in [0.2, 0.25) is 0 Å². The summed E-state index contributed by atoms with van der Waals surface area (Å²) in [5.74, 6) is 0.441. The highest BCUT2D eigenvalue weighted by atomic mass is 16.5. The van der Waals surface area contributed by atoms with E-state index < -0.39 is 5.97 Å². The number of nitrogen functional groups attached to an aromatic ring is 1. The second-order valence-corrected chi connectivity index (χ2v) is 5.90. The fourth-order valence-corrected chi connectivity index (χ4v) is 3.06. The molecule has 7 heteroatoms. The number of carbonyl (C=O) groups excluding carboxylic acids is 1. The first-order chi connectivity index (χ1) is 13.1. The molecule has 0 aliphatic carbocycles. The van der Waals surface area contributed by atoms with Crippen LogP contribution in [0.1, 0.15) is 17.3 Å². The van der Waals surface area contributed by atoms with Gasteiger partial charge in [0.05, 0.1) is 24.8 Å². The number of anilines is 1. The number of carbonyl (C=O) groups is 1. The number of rotatable bonds is 4. The summed E-state index contributed by atoms with van der Waals surface area (Å²) in [6.45, 7) is 1.99. The number of nitrogens with zero attached hydrogens (tertiary/aromatic N) is 3. The van der Waals surface area contributed by atoms with Gasteiger partial charge in [0, 0.05) is 5.69 Å². The standard InChI is InChI=1S/C20H18N4O3/c1-3-27-20(25)16-17-19(23-15-7-5-4-6-14(15)22-17)24(18(16)21)12-8-10-13(26-2)11-9-12/h4-11H,3,21H2,1-2H3. The molecule has 0 amide bonds. The molecule has 0 atom stereocenters. The maximum Gasteiger partial charge on any atom is 0.344 e. The lowest BCUT2D eigenvalue weighted by Crippen LogP contribution is -2.09. The molecule has 2 aromatic heterocycles. The zero-order valence-corrected chi connectivity index (χ0v) is 15.0. The van der Waals surface area contributed by atoms with Crippen LogP contribution in [0.4, 0.5) is 5.82 Å². The minimum absolute atomic E-state index is 0.223. The summed E-state index contributed by atoms with van der Waals surface area (Å²) in [7, 11) is 1.60. The third-order valence-corrected chi connectivity index (χ3v) is 4.31. The number of fused-ring (bicyclic) bond motifs is 2. The Balaban J connectivity index is 2.05. The van der Waals surface area contributed by atoms with E-state index in [-0.39, 0.29) is 18.0 Å². The van der Waals surface area contributed by atoms with Gasteiger partial charge in [0.15, 0.2) is 5.65 Å². The van der Waals surface area contributed by atoms with Crippen molar-refractivity contribution >= 4 is 34.0 Å². The predicted octanol–water partition coefficient (Wildman–Crippen LogP) is 3.34. The molecule has 4 rings (SSSR count). The maximum atomic E-state index is 12.6. The monoisotopic (exact) mass is 362 g/mol. The number of nitrogens with two attached hydrogens (primary N) is 1. The van der Waals surface area contributed by atoms with Gasteiger partial charge < -0.3 is 15.2 Å². The van der Waals surface area contributed by atoms with Gasteiger partial charge >= 0.3 is 5.97 Å². The van der Waals surface area contributed by atoms with Crippen LogP contribution in [-0.4, -0.2) is 34.2 Å². The van der Waals surface area contributed by atoms with Gasteiger partial charge in [-0.25, -0.2) is 14.8 Å². The van der Waals surface area contributed by atoms with Crippen LogP contribution in [0.25, 0.3) is 27.9 Å². The van der Waals surface area contributed by atoms with E-state index in [2.05, 4.69) is 4.98 Å². The van der Waals surface area contributed by atoms with Gasteiger partial charge in [0.2, 0.25) is 0 Å². The van der Waals surface area contributed by atoms with Gasteiger partial charge in [0.25, 0.3) is 0 Å². The topological polar surface area (TPSA) is 92.3 Å². The highest BCUT2D eigenvalue weighted by Crippen LogP contribution is 2.32. The molecule has 4 aromatic rings. The van der Waals surface area contributed by atoms with E-state index in [0.717, 1.165) is 11.4 Å². The molecule has 0 fully saturated rings. The van der Waals surface area contributed by atoms with E-state index in [4.69, 9.17) is 20.2 Å². The summed E-state index contributed by atoms with van der Waals surface area (Å²) >= 11 is 0. The molecule has 2 heterocycles. The first-order valence-electron chi connectivity index (χ1n) is 8.52. The predicted molar refractivity (Wildman–Crippen MR) is 103 cm³/mol. The minimum atomic E-state index is -0.517. The largest absolute Gasteiger partial charge is 0.497 e. The molecule has 0 spiro atoms. The number of esters is 1. The highest BCUT2D eigenvalue weighted by Gasteiger charge is 2.25. The zero-order chi connectivity index (χ0) is 19.0. The molecule has 0 aliphatic heterocycles. The van der Waals surface area contributed by atoms with Crippen molar-refractivity contribution in [2.75, 3.05) is 19.5 Å². The van der Waals surface area contributed by atoms with Crippen molar-refractivity contribution in [2.24, 2.45) is 0 Å². The molecular formula is C20H18N4O3. The lowest BCUT2D eigenvalue weighted by molar-refractivity contribution is 0.0529. The molecule has 0 saturated carbocycles. The van der Waals surface area contributed by atoms with Crippen molar-refractivity contribution in [3.8, 4) is 11.4 Å². The zero-order valence-electron chi connectivity index (χ0n) is 15.0. The summed E-state index contributed by atoms with van der Waals surface area (Å²) < 4.78 is 12.1. The van der Waals surface area contributed by atoms with Crippen LogP contribution in [0.3, 0.4) is 0 Å². The molecule has 2 N–H and O–H groups in total. The van der Waals surface area contributed by atoms with E-state index in [9.17, 15) is 4.79 Å². The minimum Gasteiger partial charge on any atom is -0.497 e. The second kappa shape index (κ2) is 6.60. The van der Waals surface area contributed by atoms with Gasteiger partial charge in [-0.3, -0.25) is 4.57 Å². The lowest BCUT2D eigenvalue weighted by Gasteiger charge is -2.09. The van der Waals surface area contributed by atoms with Crippen molar-refractivity contribution in [3.63, 3.8) is 0 Å². The fraction of sp³-hybridized carbons (Fsp3) is 0.150. The van der Waals surface area contributed by atoms with Gasteiger partial charge in [-0.1, -0.05) is 12.1 Å². The Bertz CT molecular complexity index is 1150. The lowest BCUT2D eigenvalue weighted by atomic mass is 10.2. The van der Waals surface area contributed by atoms with E-state index in [0.29, 0.717) is 22.2 Å². The molecule has 0 bridgehead atoms. The molecular weight excluding hydrogens is 344 g/mol. The smallest absolute Gasteiger partial charge is 0.344 e. The number of para-hydroxylation sites is 2. The van der Waals surface area contributed by atoms with Crippen LogP contribution < -0.4 is 10.5 Å². The molecule has 27 heavy (non-hydrogen) atoms. The van der Waals surface area contributed by atoms with E-state index in [1.807, 2.05) is 48.5 Å². The van der Waals surface area contributed by atoms with Gasteiger partial charge in [-0.05, 0) is 43.3 Å². The van der Waals surface area contributed by atoms with Crippen molar-refractivity contribution in [3.05, 3.63) is 54.1 Å². The molecule has 136 valence electrons. The Kier molecular flexibility index (Phi) is 4.12. The Morgan fingerprint density at radius 2 is 1.74 bits per heavy atom. The third-order valence-electron chi connectivity index (χ3n) is 4.31. The first kappa shape index (κ1) is 16.8. The van der Waals surface area contributed by atoms with Crippen molar-refractivity contribution in [1.29, 1.82) is 0 Å². The summed E-state index contributed by atoms with van der Waals surface area (Å²) in [5.41, 5.74) is 9.65. The Morgan fingerprint density at radius 3 is 2.37 bits per heavy atom. The average molecular weight is 362 g/mol. The number of aromatic nitrogens is 3. The van der Waals surface area contributed by atoms with Crippen molar-refractivity contribution in [2.45, 2.75) is 6.92 Å². The SMILES string of the molecule is CCOC(=O)c1c(N)n(-c2ccc(OC)cc2)c2nc3ccccc3nc12. The molecule has 0 unspecified atom stereocenters. The second-order valence-electron chi connectivity index (χ2n) is 5.90. The summed E-state index contributed by atoms with van der Waals surface area (Å²) in [4.78, 5) is 21.9. The normalized spacial score (nSPS) is 11.0. The number of hydrogen-bond acceptors (Lipinski definition) is 6. The summed E-state index contributed by atoms with van der Waals surface area (Å²) in [6.07, 6.45) is 0. The van der Waals surface area contributed by atoms with Gasteiger partial charge in [0.1, 0.15) is 22.6 Å². The Hall–Kier alpha value is -3.61. The van der Waals surface area contributed by atoms with Gasteiger partial charge in [-0.2, -0.15) is 0 Å². The Labute approximate surface area is 155 Å². The molecule has 0 aliphatic rings. The van der Waals surface area contributed by atoms with Crippen LogP contribution in [0.5, 0.6) is 5.75 Å². The molecule has 2 aromatic carbocycles. The number of methoxy groups -OCH3 is 1. The van der Waals surface area contributed by atoms with Crippen LogP contribution in [0, 0.1) is 0 Å². The Morgan fingerprint density at radius 1 is 1.07 bits per heavy atom. The third kappa shape index (κ3) is 2.73. The first-order valence-corrected chi connectivity index (χ1v) is 8.52. The average Bonchev–Trinajstić information content (AvgIpc) is 2.97. The van der Waals surface area contributed by atoms with Crippen LogP contribution in [0.15, 0.2) is 48.5 Å². The van der Waals surface area contributed by atoms with E-state index in [1.165, 1.54) is 0 Å². The molecule has 0 saturated heterocycles. The summed E-state index contributed by atoms with van der Waals surface area (Å²) in [6, 6.07) is 14.8. The van der Waals surface area contributed by atoms with Crippen LogP contribution >= 0.6 is 0 Å². The summed E-state index contributed by atoms with van der Waals surface area (Å²) in [5, 5.41) is 0. The van der Waals surface area contributed by atoms with Crippen LogP contribution in [-0.2, 0) is 4.74 Å². The number of ether oxygens (including phenoxy) is 2. The number of hydrogen-bond donors (Lipinski definition) is 1. The molecule has 0 radical (unpaired) electrons. The van der Waals surface area contributed by atoms with Crippen molar-refractivity contribution < 1.29 is 14.3 Å².